The van der Waals surface area contributed by atoms with E-state index in [1.54, 1.807) is 0 Å². The molecule has 3 aromatic heterocycles. The van der Waals surface area contributed by atoms with Crippen LogP contribution in [-0.2, 0) is 0 Å². The molecule has 0 amide bonds. The lowest BCUT2D eigenvalue weighted by molar-refractivity contribution is 0.656. The quantitative estimate of drug-likeness (QED) is 0.194. The fraction of sp³-hybridized carbons (Fsp3) is 0. The molecule has 7 aromatic carbocycles. The van der Waals surface area contributed by atoms with Crippen molar-refractivity contribution < 1.29 is 4.42 Å². The van der Waals surface area contributed by atoms with E-state index in [2.05, 4.69) is 146 Å². The highest BCUT2D eigenvalue weighted by atomic mass is 32.1. The van der Waals surface area contributed by atoms with Crippen LogP contribution >= 0.6 is 11.3 Å². The lowest BCUT2D eigenvalue weighted by Gasteiger charge is -2.09. The van der Waals surface area contributed by atoms with Gasteiger partial charge in [0.1, 0.15) is 11.1 Å². The third-order valence-electron chi connectivity index (χ3n) is 9.36. The highest BCUT2D eigenvalue weighted by Crippen LogP contribution is 2.41. The van der Waals surface area contributed by atoms with E-state index in [9.17, 15) is 0 Å². The largest absolute Gasteiger partial charge is 0.436 e. The Morgan fingerprint density at radius 1 is 0.458 bits per heavy atom. The molecule has 0 fully saturated rings. The summed E-state index contributed by atoms with van der Waals surface area (Å²) in [6, 6.07) is 53.9. The summed E-state index contributed by atoms with van der Waals surface area (Å²) in [5.41, 5.74) is 11.1. The topological polar surface area (TPSA) is 38.9 Å². The molecule has 3 heterocycles. The van der Waals surface area contributed by atoms with Crippen molar-refractivity contribution in [2.24, 2.45) is 0 Å². The molecular formula is C44H26N2OS. The molecule has 0 atom stereocenters. The second kappa shape index (κ2) is 10.7. The maximum atomic E-state index is 6.37. The van der Waals surface area contributed by atoms with Gasteiger partial charge in [-0.1, -0.05) is 127 Å². The minimum Gasteiger partial charge on any atom is -0.436 e. The molecule has 0 radical (unpaired) electrons. The summed E-state index contributed by atoms with van der Waals surface area (Å²) >= 11 is 1.86. The van der Waals surface area contributed by atoms with E-state index in [1.165, 1.54) is 42.4 Å². The SMILES string of the molecule is c1ccc(-c2cccc3c2ccc2c4nc(-c5cccc(-c6cccc(-c7cccc8c7sc7ccccc78)c6)c5)cnc4oc32)cc1. The van der Waals surface area contributed by atoms with E-state index >= 15 is 0 Å². The first kappa shape index (κ1) is 27.1. The molecule has 0 aliphatic rings. The van der Waals surface area contributed by atoms with Crippen molar-refractivity contribution in [1.29, 1.82) is 0 Å². The Bertz CT molecular complexity index is 2850. The summed E-state index contributed by atoms with van der Waals surface area (Å²) in [7, 11) is 0. The van der Waals surface area contributed by atoms with Crippen molar-refractivity contribution >= 4 is 64.5 Å². The van der Waals surface area contributed by atoms with E-state index in [4.69, 9.17) is 14.4 Å². The number of thiophene rings is 1. The van der Waals surface area contributed by atoms with Crippen LogP contribution in [0.3, 0.4) is 0 Å². The zero-order chi connectivity index (χ0) is 31.6. The van der Waals surface area contributed by atoms with Gasteiger partial charge in [-0.3, -0.25) is 0 Å². The van der Waals surface area contributed by atoms with E-state index in [1.807, 2.05) is 23.6 Å². The summed E-state index contributed by atoms with van der Waals surface area (Å²) in [5, 5.41) is 5.80. The smallest absolute Gasteiger partial charge is 0.246 e. The second-order valence-corrected chi connectivity index (χ2v) is 13.2. The molecule has 0 unspecified atom stereocenters. The monoisotopic (exact) mass is 630 g/mol. The highest BCUT2D eigenvalue weighted by molar-refractivity contribution is 7.26. The number of benzene rings is 7. The van der Waals surface area contributed by atoms with Crippen LogP contribution in [0.1, 0.15) is 0 Å². The molecule has 0 N–H and O–H groups in total. The minimum absolute atomic E-state index is 0.547. The fourth-order valence-corrected chi connectivity index (χ4v) is 8.30. The maximum Gasteiger partial charge on any atom is 0.246 e. The third-order valence-corrected chi connectivity index (χ3v) is 10.6. The molecular weight excluding hydrogens is 605 g/mol. The molecule has 4 heteroatoms. The van der Waals surface area contributed by atoms with Crippen LogP contribution in [0.4, 0.5) is 0 Å². The molecule has 0 saturated heterocycles. The lowest BCUT2D eigenvalue weighted by Crippen LogP contribution is -1.88. The predicted molar refractivity (Wildman–Crippen MR) is 201 cm³/mol. The first-order valence-corrected chi connectivity index (χ1v) is 16.9. The Labute approximate surface area is 280 Å². The van der Waals surface area contributed by atoms with Crippen molar-refractivity contribution in [2.45, 2.75) is 0 Å². The first-order valence-electron chi connectivity index (χ1n) is 16.1. The Morgan fingerprint density at radius 2 is 1.10 bits per heavy atom. The van der Waals surface area contributed by atoms with Crippen LogP contribution in [0.25, 0.3) is 97.8 Å². The summed E-state index contributed by atoms with van der Waals surface area (Å²) in [5.74, 6) is 0. The Balaban J connectivity index is 1.05. The highest BCUT2D eigenvalue weighted by Gasteiger charge is 2.16. The number of hydrogen-bond acceptors (Lipinski definition) is 4. The van der Waals surface area contributed by atoms with Crippen LogP contribution < -0.4 is 0 Å². The van der Waals surface area contributed by atoms with Gasteiger partial charge >= 0.3 is 0 Å². The van der Waals surface area contributed by atoms with E-state index in [0.29, 0.717) is 5.71 Å². The van der Waals surface area contributed by atoms with Crippen LogP contribution in [-0.4, -0.2) is 9.97 Å². The Morgan fingerprint density at radius 3 is 1.98 bits per heavy atom. The lowest BCUT2D eigenvalue weighted by atomic mass is 9.96. The molecule has 0 spiro atoms. The molecule has 10 rings (SSSR count). The van der Waals surface area contributed by atoms with Gasteiger partial charge in [0.2, 0.25) is 5.71 Å². The summed E-state index contributed by atoms with van der Waals surface area (Å²) in [6.45, 7) is 0. The summed E-state index contributed by atoms with van der Waals surface area (Å²) in [4.78, 5) is 9.88. The molecule has 0 aliphatic carbocycles. The van der Waals surface area contributed by atoms with Crippen molar-refractivity contribution in [2.75, 3.05) is 0 Å². The van der Waals surface area contributed by atoms with Crippen molar-refractivity contribution in [3.05, 3.63) is 158 Å². The number of hydrogen-bond donors (Lipinski definition) is 0. The average molecular weight is 631 g/mol. The zero-order valence-electron chi connectivity index (χ0n) is 25.7. The molecule has 224 valence electrons. The first-order chi connectivity index (χ1) is 23.8. The van der Waals surface area contributed by atoms with Crippen molar-refractivity contribution in [3.63, 3.8) is 0 Å². The normalized spacial score (nSPS) is 11.8. The van der Waals surface area contributed by atoms with Gasteiger partial charge in [-0.2, -0.15) is 0 Å². The van der Waals surface area contributed by atoms with E-state index in [0.717, 1.165) is 49.6 Å². The summed E-state index contributed by atoms with van der Waals surface area (Å²) < 4.78 is 9.01. The number of aromatic nitrogens is 2. The fourth-order valence-electron chi connectivity index (χ4n) is 7.06. The molecule has 10 aromatic rings. The van der Waals surface area contributed by atoms with Crippen molar-refractivity contribution in [3.8, 4) is 44.6 Å². The number of furan rings is 1. The van der Waals surface area contributed by atoms with Crippen LogP contribution in [0.2, 0.25) is 0 Å². The van der Waals surface area contributed by atoms with Crippen LogP contribution in [0.5, 0.6) is 0 Å². The number of nitrogens with zero attached hydrogens (tertiary/aromatic N) is 2. The number of fused-ring (bicyclic) bond motifs is 8. The van der Waals surface area contributed by atoms with Crippen LogP contribution in [0.15, 0.2) is 162 Å². The maximum absolute atomic E-state index is 6.37. The van der Waals surface area contributed by atoms with Gasteiger partial charge < -0.3 is 4.42 Å². The summed E-state index contributed by atoms with van der Waals surface area (Å²) in [6.07, 6.45) is 1.82. The van der Waals surface area contributed by atoms with Crippen molar-refractivity contribution in [1.82, 2.24) is 9.97 Å². The average Bonchev–Trinajstić information content (AvgIpc) is 3.73. The van der Waals surface area contributed by atoms with Gasteiger partial charge in [0.15, 0.2) is 0 Å². The van der Waals surface area contributed by atoms with Gasteiger partial charge in [0.25, 0.3) is 0 Å². The van der Waals surface area contributed by atoms with Crippen LogP contribution in [0, 0.1) is 0 Å². The molecule has 0 aliphatic heterocycles. The molecule has 3 nitrogen and oxygen atoms in total. The molecule has 48 heavy (non-hydrogen) atoms. The van der Waals surface area contributed by atoms with Gasteiger partial charge in [-0.15, -0.1) is 11.3 Å². The Hall–Kier alpha value is -6.10. The van der Waals surface area contributed by atoms with E-state index < -0.39 is 0 Å². The number of rotatable bonds is 4. The molecule has 0 bridgehead atoms. The predicted octanol–water partition coefficient (Wildman–Crippen LogP) is 12.6. The van der Waals surface area contributed by atoms with Gasteiger partial charge in [-0.25, -0.2) is 9.97 Å². The standard InChI is InChI=1S/C44H26N2OS/c1-2-10-27(11-3-1)32-17-8-19-36-34(32)22-23-38-41-44(47-42(36)38)45-26-39(46-41)31-15-7-13-29(25-31)28-12-6-14-30(24-28)33-18-9-20-37-35-16-4-5-21-40(35)48-43(33)37/h1-26H. The Kier molecular flexibility index (Phi) is 6.05. The van der Waals surface area contributed by atoms with E-state index in [-0.39, 0.29) is 0 Å². The van der Waals surface area contributed by atoms with Gasteiger partial charge in [0.05, 0.1) is 11.9 Å². The zero-order valence-corrected chi connectivity index (χ0v) is 26.5. The molecule has 0 saturated carbocycles. The van der Waals surface area contributed by atoms with Gasteiger partial charge in [-0.05, 0) is 63.0 Å². The third kappa shape index (κ3) is 4.27. The second-order valence-electron chi connectivity index (χ2n) is 12.2. The minimum atomic E-state index is 0.547. The van der Waals surface area contributed by atoms with Gasteiger partial charge in [0, 0.05) is 36.5 Å².